The van der Waals surface area contributed by atoms with Gasteiger partial charge in [-0.2, -0.15) is 0 Å². The lowest BCUT2D eigenvalue weighted by Crippen LogP contribution is -2.52. The molecule has 1 heterocycles. The molecule has 1 fully saturated rings. The zero-order chi connectivity index (χ0) is 53.3. The number of carboxylic acid groups (broad SMARTS) is 6. The number of amides is 4. The van der Waals surface area contributed by atoms with E-state index in [0.717, 1.165) is 9.13 Å². The first kappa shape index (κ1) is 60.0. The molecule has 9 N–H and O–H groups in total. The highest BCUT2D eigenvalue weighted by molar-refractivity contribution is 14.1. The molecule has 1 saturated heterocycles. The summed E-state index contributed by atoms with van der Waals surface area (Å²) < 4.78 is 0.989. The molecule has 3 atom stereocenters. The number of nitrogens with one attached hydrogen (secondary N) is 3. The second kappa shape index (κ2) is 31.2. The molecule has 0 saturated carbocycles. The van der Waals surface area contributed by atoms with Gasteiger partial charge in [0.05, 0.1) is 25.7 Å². The van der Waals surface area contributed by atoms with Crippen LogP contribution < -0.4 is 16.0 Å². The number of ketones is 1. The summed E-state index contributed by atoms with van der Waals surface area (Å²) in [6, 6.07) is 9.48. The molecule has 0 aliphatic carbocycles. The number of carbonyl (C=O) groups excluding carboxylic acids is 4. The van der Waals surface area contributed by atoms with Crippen molar-refractivity contribution in [3.05, 3.63) is 68.8 Å². The van der Waals surface area contributed by atoms with Gasteiger partial charge in [-0.1, -0.05) is 24.3 Å². The Bertz CT molecular complexity index is 2150. The van der Waals surface area contributed by atoms with Gasteiger partial charge in [-0.25, -0.2) is 9.59 Å². The predicted octanol–water partition coefficient (Wildman–Crippen LogP) is 1.00. The Morgan fingerprint density at radius 2 is 1.08 bits per heavy atom. The number of aliphatic carboxylic acids is 6. The highest BCUT2D eigenvalue weighted by atomic mass is 127. The Kier molecular flexibility index (Phi) is 26.0. The number of hydrogen-bond acceptors (Lipinski definition) is 14. The summed E-state index contributed by atoms with van der Waals surface area (Å²) in [5, 5.41) is 65.0. The molecule has 1 aliphatic heterocycles. The molecule has 0 bridgehead atoms. The second-order valence-corrected chi connectivity index (χ2v) is 18.6. The molecule has 1 aliphatic rings. The highest BCUT2D eigenvalue weighted by Crippen LogP contribution is 2.17. The molecule has 1 unspecified atom stereocenters. The third-order valence-electron chi connectivity index (χ3n) is 11.8. The number of carbonyl (C=O) groups is 10. The van der Waals surface area contributed by atoms with Crippen LogP contribution in [0.15, 0.2) is 48.5 Å². The molecule has 3 rings (SSSR count). The van der Waals surface area contributed by atoms with Gasteiger partial charge in [0.25, 0.3) is 5.91 Å². The van der Waals surface area contributed by atoms with E-state index >= 15 is 0 Å². The van der Waals surface area contributed by atoms with Crippen molar-refractivity contribution in [1.82, 2.24) is 40.4 Å². The van der Waals surface area contributed by atoms with Gasteiger partial charge in [-0.15, -0.1) is 0 Å². The van der Waals surface area contributed by atoms with Crippen molar-refractivity contribution in [3.63, 3.8) is 0 Å². The maximum Gasteiger partial charge on any atom is 0.326 e. The second-order valence-electron chi connectivity index (χ2n) is 17.4. The lowest BCUT2D eigenvalue weighted by molar-refractivity contribution is -0.145. The fraction of sp³-hybridized carbons (Fsp3) is 0.532. The van der Waals surface area contributed by atoms with Crippen molar-refractivity contribution < 1.29 is 78.6 Å². The number of benzene rings is 2. The summed E-state index contributed by atoms with van der Waals surface area (Å²) in [5.74, 6) is -8.34. The van der Waals surface area contributed by atoms with Gasteiger partial charge in [0.15, 0.2) is 5.78 Å². The molecular formula is C47H65IN8O16. The fourth-order valence-electron chi connectivity index (χ4n) is 7.85. The number of carboxylic acids is 6. The van der Waals surface area contributed by atoms with Crippen LogP contribution in [0.3, 0.4) is 0 Å². The molecular weight excluding hydrogens is 1060 g/mol. The van der Waals surface area contributed by atoms with Gasteiger partial charge in [-0.3, -0.25) is 58.0 Å². The maximum absolute atomic E-state index is 13.9. The van der Waals surface area contributed by atoms with Crippen molar-refractivity contribution in [1.29, 1.82) is 0 Å². The molecule has 4 amide bonds. The number of halogens is 1. The van der Waals surface area contributed by atoms with E-state index in [9.17, 15) is 73.5 Å². The van der Waals surface area contributed by atoms with Crippen molar-refractivity contribution in [2.24, 2.45) is 0 Å². The van der Waals surface area contributed by atoms with Gasteiger partial charge >= 0.3 is 41.8 Å². The molecule has 25 heteroatoms. The molecule has 0 radical (unpaired) electrons. The highest BCUT2D eigenvalue weighted by Gasteiger charge is 2.29. The zero-order valence-corrected chi connectivity index (χ0v) is 42.2. The van der Waals surface area contributed by atoms with Crippen LogP contribution in [0.1, 0.15) is 73.4 Å². The third-order valence-corrected chi connectivity index (χ3v) is 12.5. The first-order valence-electron chi connectivity index (χ1n) is 23.3. The van der Waals surface area contributed by atoms with Crippen molar-refractivity contribution in [2.75, 3.05) is 78.5 Å². The molecule has 24 nitrogen and oxygen atoms in total. The number of urea groups is 1. The maximum atomic E-state index is 13.9. The van der Waals surface area contributed by atoms with E-state index in [1.165, 1.54) is 6.92 Å². The summed E-state index contributed by atoms with van der Waals surface area (Å²) in [6.45, 7) is 1.54. The summed E-state index contributed by atoms with van der Waals surface area (Å²) >= 11 is 2.16. The number of hydrogen-bond donors (Lipinski definition) is 9. The van der Waals surface area contributed by atoms with E-state index < -0.39 is 71.7 Å². The van der Waals surface area contributed by atoms with E-state index in [4.69, 9.17) is 5.11 Å². The van der Waals surface area contributed by atoms with Gasteiger partial charge in [-0.05, 0) is 97.0 Å². The minimum absolute atomic E-state index is 0.0115. The van der Waals surface area contributed by atoms with Crippen LogP contribution >= 0.6 is 22.6 Å². The van der Waals surface area contributed by atoms with Crippen LogP contribution in [-0.4, -0.2) is 211 Å². The standard InChI is InChI=1S/C47H65IN8O16/c1-31(57)36(13-16-40(59)60)50-47(72)51-37(45(68)69)4-2-3-17-56(27-33-7-11-35(48)12-8-33)44(67)34-9-5-32(6-10-34)26-49-39(58)15-14-38(46(70)71)55-24-22-53(29-42(63)64)20-18-52(28-41(61)62)19-21-54(23-25-55)30-43(65)66/h5-12,36-38H,2-4,13-30H2,1H3,(H,49,58)(H,59,60)(H,61,62)(H,63,64)(H,65,66)(H,68,69)(H,70,71)(H2,50,51,72)/t36-,37-,38?/m1/s1. The van der Waals surface area contributed by atoms with Crippen molar-refractivity contribution in [3.8, 4) is 0 Å². The topological polar surface area (TPSA) is 344 Å². The van der Waals surface area contributed by atoms with E-state index in [-0.39, 0.29) is 136 Å². The van der Waals surface area contributed by atoms with Crippen molar-refractivity contribution >= 4 is 82.0 Å². The molecule has 72 heavy (non-hydrogen) atoms. The van der Waals surface area contributed by atoms with E-state index in [1.54, 1.807) is 48.8 Å². The summed E-state index contributed by atoms with van der Waals surface area (Å²) in [6.07, 6.45) is -0.259. The van der Waals surface area contributed by atoms with E-state index in [1.807, 2.05) is 24.3 Å². The molecule has 0 aromatic heterocycles. The van der Waals surface area contributed by atoms with Crippen LogP contribution in [0, 0.1) is 3.57 Å². The Balaban J connectivity index is 1.64. The number of Topliss-reactive ketones (excluding diaryl/α,β-unsaturated/α-hetero) is 1. The fourth-order valence-corrected chi connectivity index (χ4v) is 8.21. The first-order valence-corrected chi connectivity index (χ1v) is 24.4. The van der Waals surface area contributed by atoms with Crippen LogP contribution in [0.4, 0.5) is 4.79 Å². The van der Waals surface area contributed by atoms with Gasteiger partial charge in [0.1, 0.15) is 12.1 Å². The lowest BCUT2D eigenvalue weighted by atomic mass is 10.1. The minimum Gasteiger partial charge on any atom is -0.481 e. The predicted molar refractivity (Wildman–Crippen MR) is 265 cm³/mol. The molecule has 2 aromatic carbocycles. The summed E-state index contributed by atoms with van der Waals surface area (Å²) in [5.41, 5.74) is 1.80. The molecule has 396 valence electrons. The van der Waals surface area contributed by atoms with Gasteiger partial charge in [0, 0.05) is 94.0 Å². The quantitative estimate of drug-likeness (QED) is 0.0424. The largest absolute Gasteiger partial charge is 0.481 e. The zero-order valence-electron chi connectivity index (χ0n) is 40.1. The smallest absolute Gasteiger partial charge is 0.326 e. The average Bonchev–Trinajstić information content (AvgIpc) is 3.30. The Hall–Kier alpha value is -6.29. The SMILES string of the molecule is CC(=O)[C@@H](CCC(=O)O)NC(=O)N[C@H](CCCCN(Cc1ccc(I)cc1)C(=O)c1ccc(CNC(=O)CCC(C(=O)O)N2CCN(CC(=O)O)CCN(CC(=O)O)CCN(CC(=O)O)CC2)cc1)C(=O)O. The monoisotopic (exact) mass is 1120 g/mol. The molecule has 2 aromatic rings. The molecule has 0 spiro atoms. The van der Waals surface area contributed by atoms with Crippen LogP contribution in [0.2, 0.25) is 0 Å². The lowest BCUT2D eigenvalue weighted by Gasteiger charge is -2.35. The van der Waals surface area contributed by atoms with Crippen molar-refractivity contribution in [2.45, 2.75) is 83.1 Å². The van der Waals surface area contributed by atoms with Crippen LogP contribution in [0.5, 0.6) is 0 Å². The third kappa shape index (κ3) is 23.3. The number of unbranched alkanes of at least 4 members (excludes halogenated alkanes) is 1. The Morgan fingerprint density at radius 1 is 0.583 bits per heavy atom. The average molecular weight is 1120 g/mol. The Morgan fingerprint density at radius 3 is 1.56 bits per heavy atom. The number of rotatable bonds is 28. The van der Waals surface area contributed by atoms with E-state index in [0.29, 0.717) is 17.5 Å². The summed E-state index contributed by atoms with van der Waals surface area (Å²) in [7, 11) is 0. The minimum atomic E-state index is -1.34. The normalized spacial score (nSPS) is 15.6. The summed E-state index contributed by atoms with van der Waals surface area (Å²) in [4.78, 5) is 130. The van der Waals surface area contributed by atoms with Crippen LogP contribution in [-0.2, 0) is 51.4 Å². The van der Waals surface area contributed by atoms with Gasteiger partial charge < -0.3 is 51.5 Å². The Labute approximate surface area is 429 Å². The van der Waals surface area contributed by atoms with Gasteiger partial charge in [0.2, 0.25) is 5.91 Å². The first-order chi connectivity index (χ1) is 34.1. The van der Waals surface area contributed by atoms with Crippen LogP contribution in [0.25, 0.3) is 0 Å². The number of nitrogens with zero attached hydrogens (tertiary/aromatic N) is 5. The van der Waals surface area contributed by atoms with E-state index in [2.05, 4.69) is 38.5 Å².